The summed E-state index contributed by atoms with van der Waals surface area (Å²) in [4.78, 5) is 58.4. The summed E-state index contributed by atoms with van der Waals surface area (Å²) in [6.45, 7) is 6.57. The molecule has 19 rings (SSSR count). The Morgan fingerprint density at radius 2 is 0.774 bits per heavy atom. The second kappa shape index (κ2) is 44.6. The number of likely N-dealkylation sites (N-methyl/N-ethyl adjacent to an activating group) is 2. The summed E-state index contributed by atoms with van der Waals surface area (Å²) >= 11 is 0. The number of epoxide rings is 1. The Bertz CT molecular complexity index is 6900. The number of nitrogens with one attached hydrogen (secondary N) is 4. The second-order valence-electron chi connectivity index (χ2n) is 32.8. The normalized spacial score (nSPS) is 13.6. The van der Waals surface area contributed by atoms with Crippen LogP contribution in [0.4, 0.5) is 45.5 Å². The number of aromatic nitrogens is 16. The number of benzene rings is 8. The van der Waals surface area contributed by atoms with E-state index >= 15 is 0 Å². The van der Waals surface area contributed by atoms with Crippen molar-refractivity contribution in [3.8, 4) is 91.0 Å². The van der Waals surface area contributed by atoms with E-state index in [0.717, 1.165) is 216 Å². The Morgan fingerprint density at radius 1 is 0.423 bits per heavy atom. The summed E-state index contributed by atoms with van der Waals surface area (Å²) < 4.78 is 81.4. The number of carbonyl (C=O) groups excluding carboxylic acids is 1. The molecule has 4 N–H and O–H groups in total. The molecule has 2 saturated heterocycles. The van der Waals surface area contributed by atoms with Crippen LogP contribution in [0.3, 0.4) is 0 Å². The van der Waals surface area contributed by atoms with Crippen molar-refractivity contribution in [2.24, 2.45) is 20.0 Å². The molecule has 1 amide bonds. The summed E-state index contributed by atoms with van der Waals surface area (Å²) in [5.74, 6) is 6.41. The molecule has 2 unspecified atom stereocenters. The van der Waals surface area contributed by atoms with Gasteiger partial charge in [-0.15, -0.1) is 0 Å². The largest absolute Gasteiger partial charge is 0.497 e. The van der Waals surface area contributed by atoms with Crippen LogP contribution in [0.5, 0.6) is 46.0 Å². The van der Waals surface area contributed by atoms with Gasteiger partial charge in [-0.2, -0.15) is 33.9 Å². The highest BCUT2D eigenvalue weighted by Gasteiger charge is 2.30. The Kier molecular flexibility index (Phi) is 31.5. The van der Waals surface area contributed by atoms with Gasteiger partial charge in [-0.05, 0) is 118 Å². The summed E-state index contributed by atoms with van der Waals surface area (Å²) in [5, 5.41) is 26.5. The minimum absolute atomic E-state index is 0. The zero-order valence-corrected chi connectivity index (χ0v) is 80.5. The fourth-order valence-electron chi connectivity index (χ4n) is 15.7. The second-order valence-corrected chi connectivity index (χ2v) is 34.7. The van der Waals surface area contributed by atoms with Gasteiger partial charge in [0.05, 0.1) is 205 Å². The summed E-state index contributed by atoms with van der Waals surface area (Å²) in [7, 11) is 17.3. The zero-order chi connectivity index (χ0) is 94.9. The number of hydrogen-bond donors (Lipinski definition) is 4. The summed E-state index contributed by atoms with van der Waals surface area (Å²) in [6, 6.07) is 48.4. The van der Waals surface area contributed by atoms with Gasteiger partial charge in [-0.1, -0.05) is 0 Å². The Morgan fingerprint density at radius 3 is 1.11 bits per heavy atom. The maximum atomic E-state index is 11.7. The number of anilines is 8. The number of sulfonamides is 1. The van der Waals surface area contributed by atoms with Gasteiger partial charge >= 0.3 is 0 Å². The Labute approximate surface area is 801 Å². The highest BCUT2D eigenvalue weighted by molar-refractivity contribution is 7.88. The van der Waals surface area contributed by atoms with Crippen molar-refractivity contribution in [2.45, 2.75) is 50.9 Å². The molecular formula is C99H112N24O12S2. The quantitative estimate of drug-likeness (QED) is 0.0268. The Balaban J connectivity index is 0.000000139. The van der Waals surface area contributed by atoms with Crippen LogP contribution >= 0.6 is 13.5 Å². The van der Waals surface area contributed by atoms with E-state index in [0.29, 0.717) is 41.4 Å². The molecule has 16 aromatic rings. The fraction of sp³-hybridized carbons (Fsp3) is 0.303. The van der Waals surface area contributed by atoms with Crippen molar-refractivity contribution >= 4 is 119 Å². The first-order valence-electron chi connectivity index (χ1n) is 44.4. The van der Waals surface area contributed by atoms with Crippen LogP contribution in [0, 0.1) is 5.92 Å². The van der Waals surface area contributed by atoms with Crippen LogP contribution in [0.25, 0.3) is 89.2 Å². The van der Waals surface area contributed by atoms with Crippen LogP contribution < -0.4 is 78.2 Å². The number of nitrogens with zero attached hydrogens (tertiary/aromatic N) is 20. The predicted molar refractivity (Wildman–Crippen MR) is 536 cm³/mol. The van der Waals surface area contributed by atoms with Crippen molar-refractivity contribution in [3.05, 3.63) is 220 Å². The first-order chi connectivity index (χ1) is 66.1. The van der Waals surface area contributed by atoms with Gasteiger partial charge in [0.2, 0.25) is 15.9 Å². The SMILES string of the molecule is CNCCN(c1cc(OC)cc(OC)c1)c1ccc2ncc(-c3cnn(CC(=O)NC)c3)nc2c1.COc1cc(OC)cc(N(CC2CC2)c2ccc3ncc(-c4cnn(CCNS(C)(=O)=O)c4)nc3c2)c1.COc1cc(OC)cc(N(CC2CCCN2)c2ccc3ncc(-c4cnn(C)c4)nc3c2)c1.COc1cc(OC)cc(N(CC2CO2)c2ccc3ncc(-c4cnn(C)c4)nc3c2)c1.S. The number of carbonyl (C=O) groups is 1. The summed E-state index contributed by atoms with van der Waals surface area (Å²) in [6.07, 6.45) is 27.6. The number of fused-ring (bicyclic) bond motifs is 4. The van der Waals surface area contributed by atoms with Crippen LogP contribution in [0.15, 0.2) is 220 Å². The van der Waals surface area contributed by atoms with Gasteiger partial charge in [-0.25, -0.2) is 33.1 Å². The molecule has 712 valence electrons. The molecular weight excluding hydrogens is 1780 g/mol. The molecule has 8 aromatic heterocycles. The van der Waals surface area contributed by atoms with Gasteiger partial charge < -0.3 is 78.2 Å². The van der Waals surface area contributed by atoms with Crippen LogP contribution in [0.2, 0.25) is 0 Å². The minimum atomic E-state index is -3.24. The summed E-state index contributed by atoms with van der Waals surface area (Å²) in [5.41, 5.74) is 20.8. The standard InChI is InChI=1S/C26H30N6O4S.C25H29N7O3.C25H28N6O2.C23H23N5O3.H2S/c1-35-22-10-21(11-23(13-22)36-2)32(16-18-4-5-18)20-6-7-24-25(12-20)30-26(15-27-24)19-14-28-31(17-19)9-8-29-37(3,33)34;1-26-7-8-32(19-9-20(34-3)12-21(10-19)35-4)18-5-6-22-23(11-18)30-24(14-28-22)17-13-29-31(15-17)16-25(33)27-2;1-30-15-17(13-28-30)25-14-27-23-7-6-19(11-24(23)29-25)31(16-18-5-4-8-26-18)20-9-21(32-2)12-22(10-20)33-3;1-27-12-15(10-25-27)23-11-24-21-5-4-16(8-22(21)26-23)28(13-20-14-31-20)17-6-18(29-2)9-19(7-17)30-3;/h6-7,10-15,17-18,29H,4-5,8-9,16H2,1-3H3;5-6,9-15,26H,7-8,16H2,1-4H3,(H,27,33);6-7,9-15,18,26H,4-5,8,16H2,1-3H3;4-12,20H,13-14H2,1-3H3;1H2. The van der Waals surface area contributed by atoms with Crippen molar-refractivity contribution in [1.82, 2.24) is 99.7 Å². The lowest BCUT2D eigenvalue weighted by Gasteiger charge is -2.29. The van der Waals surface area contributed by atoms with Gasteiger partial charge in [-0.3, -0.25) is 43.5 Å². The molecule has 3 fully saturated rings. The van der Waals surface area contributed by atoms with Gasteiger partial charge in [0.1, 0.15) is 52.5 Å². The molecule has 38 heteroatoms. The van der Waals surface area contributed by atoms with Gasteiger partial charge in [0, 0.05) is 225 Å². The molecule has 0 bridgehead atoms. The highest BCUT2D eigenvalue weighted by atomic mass is 32.2. The molecule has 2 atom stereocenters. The molecule has 0 radical (unpaired) electrons. The zero-order valence-electron chi connectivity index (χ0n) is 78.7. The average Bonchev–Trinajstić information content (AvgIpc) is 1.76. The lowest BCUT2D eigenvalue weighted by Crippen LogP contribution is -2.35. The third-order valence-electron chi connectivity index (χ3n) is 23.2. The molecule has 137 heavy (non-hydrogen) atoms. The molecule has 3 aliphatic rings. The number of aryl methyl sites for hydroxylation is 2. The molecule has 8 aromatic carbocycles. The van der Waals surface area contributed by atoms with E-state index in [-0.39, 0.29) is 38.6 Å². The highest BCUT2D eigenvalue weighted by Crippen LogP contribution is 2.43. The molecule has 1 saturated carbocycles. The van der Waals surface area contributed by atoms with Gasteiger partial charge in [0.25, 0.3) is 0 Å². The maximum Gasteiger partial charge on any atom is 0.241 e. The average molecular weight is 1890 g/mol. The number of rotatable bonds is 35. The molecule has 1 aliphatic carbocycles. The number of methoxy groups -OCH3 is 8. The van der Waals surface area contributed by atoms with E-state index in [1.54, 1.807) is 138 Å². The third-order valence-corrected chi connectivity index (χ3v) is 23.9. The number of amides is 1. The van der Waals surface area contributed by atoms with E-state index < -0.39 is 10.0 Å². The van der Waals surface area contributed by atoms with Gasteiger partial charge in [0.15, 0.2) is 0 Å². The van der Waals surface area contributed by atoms with Crippen LogP contribution in [0.1, 0.15) is 25.7 Å². The Hall–Kier alpha value is -14.8. The predicted octanol–water partition coefficient (Wildman–Crippen LogP) is 13.9. The lowest BCUT2D eigenvalue weighted by molar-refractivity contribution is -0.121. The molecule has 0 spiro atoms. The number of ether oxygens (including phenoxy) is 9. The molecule has 10 heterocycles. The van der Waals surface area contributed by atoms with E-state index in [9.17, 15) is 13.2 Å². The van der Waals surface area contributed by atoms with E-state index in [1.807, 2.05) is 149 Å². The maximum absolute atomic E-state index is 11.7. The molecule has 2 aliphatic heterocycles. The monoisotopic (exact) mass is 1890 g/mol. The van der Waals surface area contributed by atoms with Crippen molar-refractivity contribution in [3.63, 3.8) is 0 Å². The third kappa shape index (κ3) is 24.8. The van der Waals surface area contributed by atoms with E-state index in [1.165, 1.54) is 19.3 Å². The van der Waals surface area contributed by atoms with E-state index in [2.05, 4.69) is 117 Å². The minimum Gasteiger partial charge on any atom is -0.497 e. The number of hydrogen-bond acceptors (Lipinski definition) is 30. The first kappa shape index (κ1) is 96.7. The first-order valence-corrected chi connectivity index (χ1v) is 46.3. The fourth-order valence-corrected chi connectivity index (χ4v) is 16.1. The van der Waals surface area contributed by atoms with E-state index in [4.69, 9.17) is 62.6 Å². The smallest absolute Gasteiger partial charge is 0.241 e. The lowest BCUT2D eigenvalue weighted by atomic mass is 10.1. The van der Waals surface area contributed by atoms with Crippen molar-refractivity contribution in [1.29, 1.82) is 0 Å². The molecule has 36 nitrogen and oxygen atoms in total. The van der Waals surface area contributed by atoms with Crippen molar-refractivity contribution < 1.29 is 55.8 Å². The van der Waals surface area contributed by atoms with Crippen LogP contribution in [-0.2, 0) is 46.7 Å². The van der Waals surface area contributed by atoms with Crippen molar-refractivity contribution in [2.75, 3.05) is 149 Å². The topological polar surface area (TPSA) is 373 Å². The van der Waals surface area contributed by atoms with Crippen LogP contribution in [-0.4, -0.2) is 235 Å².